The predicted molar refractivity (Wildman–Crippen MR) is 89.4 cm³/mol. The smallest absolute Gasteiger partial charge is 0.317 e. The molecular formula is C17H31N3O3. The second-order valence-corrected chi connectivity index (χ2v) is 7.22. The lowest BCUT2D eigenvalue weighted by atomic mass is 10.0. The van der Waals surface area contributed by atoms with Crippen LogP contribution in [0.3, 0.4) is 0 Å². The van der Waals surface area contributed by atoms with E-state index in [-0.39, 0.29) is 6.03 Å². The summed E-state index contributed by atoms with van der Waals surface area (Å²) in [6.07, 6.45) is 5.64. The predicted octanol–water partition coefficient (Wildman–Crippen LogP) is 2.00. The number of rotatable bonds is 5. The minimum Gasteiger partial charge on any atom is -0.481 e. The first-order chi connectivity index (χ1) is 11.0. The summed E-state index contributed by atoms with van der Waals surface area (Å²) >= 11 is 0. The fourth-order valence-electron chi connectivity index (χ4n) is 3.66. The van der Waals surface area contributed by atoms with Gasteiger partial charge >= 0.3 is 12.0 Å². The van der Waals surface area contributed by atoms with Crippen molar-refractivity contribution in [2.75, 3.05) is 32.7 Å². The van der Waals surface area contributed by atoms with Gasteiger partial charge in [-0.2, -0.15) is 0 Å². The first kappa shape index (κ1) is 18.0. The van der Waals surface area contributed by atoms with Gasteiger partial charge in [0.25, 0.3) is 0 Å². The number of carbonyl (C=O) groups is 2. The molecule has 6 heteroatoms. The lowest BCUT2D eigenvalue weighted by Crippen LogP contribution is -2.49. The zero-order valence-corrected chi connectivity index (χ0v) is 14.5. The van der Waals surface area contributed by atoms with E-state index in [4.69, 9.17) is 5.11 Å². The van der Waals surface area contributed by atoms with Crippen molar-refractivity contribution in [2.45, 2.75) is 52.0 Å². The van der Waals surface area contributed by atoms with Crippen LogP contribution in [-0.2, 0) is 4.79 Å². The summed E-state index contributed by atoms with van der Waals surface area (Å²) in [5, 5.41) is 12.1. The van der Waals surface area contributed by atoms with E-state index in [9.17, 15) is 9.59 Å². The zero-order chi connectivity index (χ0) is 16.8. The second-order valence-electron chi connectivity index (χ2n) is 7.22. The number of nitrogens with zero attached hydrogens (tertiary/aromatic N) is 2. The van der Waals surface area contributed by atoms with E-state index in [2.05, 4.69) is 24.1 Å². The SMILES string of the molecule is CC(C)C(CNC(=O)N1CCC(C(=O)O)C1)N1CCCCCC1. The number of likely N-dealkylation sites (tertiary alicyclic amines) is 2. The molecule has 2 aliphatic rings. The Balaban J connectivity index is 1.83. The van der Waals surface area contributed by atoms with Crippen molar-refractivity contribution in [3.63, 3.8) is 0 Å². The second kappa shape index (κ2) is 8.52. The molecular weight excluding hydrogens is 294 g/mol. The molecule has 0 aromatic rings. The maximum Gasteiger partial charge on any atom is 0.317 e. The minimum absolute atomic E-state index is 0.116. The van der Waals surface area contributed by atoms with Crippen LogP contribution in [0.4, 0.5) is 4.79 Å². The Hall–Kier alpha value is -1.30. The van der Waals surface area contributed by atoms with Gasteiger partial charge in [0.2, 0.25) is 0 Å². The fourth-order valence-corrected chi connectivity index (χ4v) is 3.66. The molecule has 2 heterocycles. The Labute approximate surface area is 139 Å². The Morgan fingerprint density at radius 1 is 1.13 bits per heavy atom. The fraction of sp³-hybridized carbons (Fsp3) is 0.882. The third-order valence-electron chi connectivity index (χ3n) is 5.17. The van der Waals surface area contributed by atoms with Crippen LogP contribution in [0.25, 0.3) is 0 Å². The molecule has 23 heavy (non-hydrogen) atoms. The number of hydrogen-bond donors (Lipinski definition) is 2. The molecule has 0 aromatic heterocycles. The van der Waals surface area contributed by atoms with Gasteiger partial charge < -0.3 is 15.3 Å². The number of carboxylic acids is 1. The molecule has 2 aliphatic heterocycles. The van der Waals surface area contributed by atoms with Crippen LogP contribution < -0.4 is 5.32 Å². The van der Waals surface area contributed by atoms with Gasteiger partial charge in [0.1, 0.15) is 0 Å². The summed E-state index contributed by atoms with van der Waals surface area (Å²) in [7, 11) is 0. The Kier molecular flexibility index (Phi) is 6.69. The maximum atomic E-state index is 12.3. The molecule has 2 fully saturated rings. The molecule has 0 aliphatic carbocycles. The van der Waals surface area contributed by atoms with E-state index in [1.807, 2.05) is 0 Å². The first-order valence-corrected chi connectivity index (χ1v) is 8.98. The van der Waals surface area contributed by atoms with E-state index >= 15 is 0 Å². The van der Waals surface area contributed by atoms with Gasteiger partial charge in [0.15, 0.2) is 0 Å². The summed E-state index contributed by atoms with van der Waals surface area (Å²) in [6.45, 7) is 8.16. The number of carbonyl (C=O) groups excluding carboxylic acids is 1. The molecule has 2 N–H and O–H groups in total. The number of urea groups is 1. The Bertz CT molecular complexity index is 406. The standard InChI is InChI=1S/C17H31N3O3/c1-13(2)15(19-8-5-3-4-6-9-19)11-18-17(23)20-10-7-14(12-20)16(21)22/h13-15H,3-12H2,1-2H3,(H,18,23)(H,21,22). The first-order valence-electron chi connectivity index (χ1n) is 8.98. The van der Waals surface area contributed by atoms with Crippen LogP contribution in [0.1, 0.15) is 46.0 Å². The number of hydrogen-bond acceptors (Lipinski definition) is 3. The molecule has 0 aromatic carbocycles. The van der Waals surface area contributed by atoms with Crippen molar-refractivity contribution in [3.8, 4) is 0 Å². The highest BCUT2D eigenvalue weighted by atomic mass is 16.4. The molecule has 2 unspecified atom stereocenters. The van der Waals surface area contributed by atoms with E-state index in [1.165, 1.54) is 25.7 Å². The normalized spacial score (nSPS) is 24.5. The molecule has 2 saturated heterocycles. The molecule has 0 bridgehead atoms. The Morgan fingerprint density at radius 2 is 1.78 bits per heavy atom. The Morgan fingerprint density at radius 3 is 2.30 bits per heavy atom. The number of amides is 2. The van der Waals surface area contributed by atoms with Crippen LogP contribution in [0.2, 0.25) is 0 Å². The van der Waals surface area contributed by atoms with Gasteiger partial charge in [-0.15, -0.1) is 0 Å². The van der Waals surface area contributed by atoms with Crippen molar-refractivity contribution < 1.29 is 14.7 Å². The van der Waals surface area contributed by atoms with Crippen LogP contribution in [-0.4, -0.2) is 65.7 Å². The van der Waals surface area contributed by atoms with Gasteiger partial charge in [-0.05, 0) is 38.3 Å². The highest BCUT2D eigenvalue weighted by Crippen LogP contribution is 2.18. The van der Waals surface area contributed by atoms with Crippen LogP contribution >= 0.6 is 0 Å². The van der Waals surface area contributed by atoms with Crippen LogP contribution in [0, 0.1) is 11.8 Å². The van der Waals surface area contributed by atoms with Crippen molar-refractivity contribution >= 4 is 12.0 Å². The van der Waals surface area contributed by atoms with E-state index in [0.29, 0.717) is 38.0 Å². The van der Waals surface area contributed by atoms with E-state index in [1.54, 1.807) is 4.90 Å². The molecule has 6 nitrogen and oxygen atoms in total. The molecule has 0 saturated carbocycles. The number of nitrogens with one attached hydrogen (secondary N) is 1. The average molecular weight is 325 g/mol. The van der Waals surface area contributed by atoms with Gasteiger partial charge in [0, 0.05) is 25.7 Å². The summed E-state index contributed by atoms with van der Waals surface area (Å²) in [4.78, 5) is 27.4. The van der Waals surface area contributed by atoms with Gasteiger partial charge in [0.05, 0.1) is 5.92 Å². The number of aliphatic carboxylic acids is 1. The summed E-state index contributed by atoms with van der Waals surface area (Å²) in [6, 6.07) is 0.240. The van der Waals surface area contributed by atoms with Gasteiger partial charge in [-0.3, -0.25) is 9.69 Å². The monoisotopic (exact) mass is 325 g/mol. The average Bonchev–Trinajstić information content (AvgIpc) is 2.86. The van der Waals surface area contributed by atoms with Crippen LogP contribution in [0.15, 0.2) is 0 Å². The van der Waals surface area contributed by atoms with E-state index < -0.39 is 11.9 Å². The van der Waals surface area contributed by atoms with Crippen molar-refractivity contribution in [2.24, 2.45) is 11.8 Å². The number of carboxylic acid groups (broad SMARTS) is 1. The molecule has 0 spiro atoms. The highest BCUT2D eigenvalue weighted by molar-refractivity contribution is 5.77. The zero-order valence-electron chi connectivity index (χ0n) is 14.5. The molecule has 132 valence electrons. The molecule has 2 amide bonds. The van der Waals surface area contributed by atoms with Crippen LogP contribution in [0.5, 0.6) is 0 Å². The van der Waals surface area contributed by atoms with Crippen molar-refractivity contribution in [3.05, 3.63) is 0 Å². The maximum absolute atomic E-state index is 12.3. The summed E-state index contributed by atoms with van der Waals surface area (Å²) < 4.78 is 0. The third kappa shape index (κ3) is 5.09. The topological polar surface area (TPSA) is 72.9 Å². The molecule has 0 radical (unpaired) electrons. The van der Waals surface area contributed by atoms with Crippen molar-refractivity contribution in [1.82, 2.24) is 15.1 Å². The quantitative estimate of drug-likeness (QED) is 0.811. The summed E-state index contributed by atoms with van der Waals surface area (Å²) in [5.74, 6) is -0.726. The van der Waals surface area contributed by atoms with Gasteiger partial charge in [-0.25, -0.2) is 4.79 Å². The molecule has 2 rings (SSSR count). The van der Waals surface area contributed by atoms with Crippen molar-refractivity contribution in [1.29, 1.82) is 0 Å². The highest BCUT2D eigenvalue weighted by Gasteiger charge is 2.31. The lowest BCUT2D eigenvalue weighted by molar-refractivity contribution is -0.141. The van der Waals surface area contributed by atoms with E-state index in [0.717, 1.165) is 13.1 Å². The minimum atomic E-state index is -0.801. The largest absolute Gasteiger partial charge is 0.481 e. The van der Waals surface area contributed by atoms with Gasteiger partial charge in [-0.1, -0.05) is 26.7 Å². The lowest BCUT2D eigenvalue weighted by Gasteiger charge is -2.34. The molecule has 2 atom stereocenters. The third-order valence-corrected chi connectivity index (χ3v) is 5.17. The summed E-state index contributed by atoms with van der Waals surface area (Å²) in [5.41, 5.74) is 0.